The second-order valence-electron chi connectivity index (χ2n) is 7.59. The molecule has 1 aromatic heterocycles. The Labute approximate surface area is 164 Å². The molecule has 2 amide bonds. The third-order valence-electron chi connectivity index (χ3n) is 5.49. The maximum atomic E-state index is 12.9. The number of hydrogen-bond donors (Lipinski definition) is 2. The molecule has 2 atom stereocenters. The summed E-state index contributed by atoms with van der Waals surface area (Å²) in [5.41, 5.74) is 1.44. The van der Waals surface area contributed by atoms with Crippen molar-refractivity contribution in [1.82, 2.24) is 5.32 Å². The number of amides is 2. The summed E-state index contributed by atoms with van der Waals surface area (Å²) < 4.78 is 5.25. The normalized spacial score (nSPS) is 19.4. The number of aryl methyl sites for hydroxylation is 1. The van der Waals surface area contributed by atoms with Crippen LogP contribution in [0.5, 0.6) is 0 Å². The van der Waals surface area contributed by atoms with Gasteiger partial charge in [-0.25, -0.2) is 4.79 Å². The second kappa shape index (κ2) is 9.04. The van der Waals surface area contributed by atoms with E-state index >= 15 is 0 Å². The number of anilines is 1. The molecule has 6 heteroatoms. The van der Waals surface area contributed by atoms with E-state index in [9.17, 15) is 14.4 Å². The Bertz CT molecular complexity index is 918. The second-order valence-corrected chi connectivity index (χ2v) is 7.59. The van der Waals surface area contributed by atoms with Crippen LogP contribution < -0.4 is 16.3 Å². The lowest BCUT2D eigenvalue weighted by atomic mass is 9.78. The van der Waals surface area contributed by atoms with E-state index in [-0.39, 0.29) is 23.7 Å². The van der Waals surface area contributed by atoms with Gasteiger partial charge in [-0.2, -0.15) is 0 Å². The standard InChI is InChI=1S/C22H28N2O4/c1-3-4-11-23-21(26)17-7-5-6-8-18(17)22(27)24-15-9-10-16-14(2)12-20(25)28-19(16)13-15/h9-10,12-13,17-18H,3-8,11H2,1-2H3,(H,23,26)(H,24,27)/t17-,18+/m1/s1. The van der Waals surface area contributed by atoms with Crippen molar-refractivity contribution in [3.05, 3.63) is 40.2 Å². The number of carbonyl (C=O) groups is 2. The van der Waals surface area contributed by atoms with Crippen LogP contribution in [0.25, 0.3) is 11.0 Å². The summed E-state index contributed by atoms with van der Waals surface area (Å²) in [5.74, 6) is -0.792. The van der Waals surface area contributed by atoms with Gasteiger partial charge in [0.15, 0.2) is 0 Å². The van der Waals surface area contributed by atoms with Crippen molar-refractivity contribution in [3.63, 3.8) is 0 Å². The van der Waals surface area contributed by atoms with Gasteiger partial charge in [-0.05, 0) is 43.9 Å². The molecular weight excluding hydrogens is 356 g/mol. The molecule has 6 nitrogen and oxygen atoms in total. The summed E-state index contributed by atoms with van der Waals surface area (Å²) >= 11 is 0. The van der Waals surface area contributed by atoms with E-state index in [1.807, 2.05) is 13.0 Å². The van der Waals surface area contributed by atoms with Gasteiger partial charge in [-0.3, -0.25) is 9.59 Å². The minimum Gasteiger partial charge on any atom is -0.423 e. The molecular formula is C22H28N2O4. The molecule has 28 heavy (non-hydrogen) atoms. The average molecular weight is 384 g/mol. The fourth-order valence-corrected chi connectivity index (χ4v) is 3.92. The van der Waals surface area contributed by atoms with Gasteiger partial charge in [0.2, 0.25) is 11.8 Å². The molecule has 0 unspecified atom stereocenters. The highest BCUT2D eigenvalue weighted by molar-refractivity contribution is 5.97. The van der Waals surface area contributed by atoms with Gasteiger partial charge >= 0.3 is 5.63 Å². The third kappa shape index (κ3) is 4.61. The van der Waals surface area contributed by atoms with Crippen LogP contribution in [0.15, 0.2) is 33.5 Å². The molecule has 1 heterocycles. The van der Waals surface area contributed by atoms with Crippen LogP contribution in [-0.4, -0.2) is 18.4 Å². The molecule has 2 aromatic rings. The summed E-state index contributed by atoms with van der Waals surface area (Å²) in [7, 11) is 0. The average Bonchev–Trinajstić information content (AvgIpc) is 2.67. The third-order valence-corrected chi connectivity index (χ3v) is 5.49. The van der Waals surface area contributed by atoms with E-state index < -0.39 is 5.63 Å². The molecule has 0 radical (unpaired) electrons. The number of nitrogens with one attached hydrogen (secondary N) is 2. The first kappa shape index (κ1) is 20.1. The van der Waals surface area contributed by atoms with Crippen LogP contribution in [-0.2, 0) is 9.59 Å². The molecule has 2 N–H and O–H groups in total. The topological polar surface area (TPSA) is 88.4 Å². The Morgan fingerprint density at radius 2 is 1.82 bits per heavy atom. The number of hydrogen-bond acceptors (Lipinski definition) is 4. The predicted octanol–water partition coefficient (Wildman–Crippen LogP) is 3.76. The lowest BCUT2D eigenvalue weighted by Crippen LogP contribution is -2.41. The summed E-state index contributed by atoms with van der Waals surface area (Å²) in [6.07, 6.45) is 5.32. The van der Waals surface area contributed by atoms with Crippen LogP contribution in [0.2, 0.25) is 0 Å². The van der Waals surface area contributed by atoms with E-state index in [4.69, 9.17) is 4.42 Å². The van der Waals surface area contributed by atoms with Gasteiger partial charge in [-0.1, -0.05) is 26.2 Å². The Morgan fingerprint density at radius 3 is 2.54 bits per heavy atom. The summed E-state index contributed by atoms with van der Waals surface area (Å²) in [4.78, 5) is 37.1. The summed E-state index contributed by atoms with van der Waals surface area (Å²) in [5, 5.41) is 6.72. The molecule has 1 aliphatic rings. The molecule has 150 valence electrons. The van der Waals surface area contributed by atoms with Gasteiger partial charge in [0.05, 0.1) is 0 Å². The van der Waals surface area contributed by atoms with Gasteiger partial charge in [0.1, 0.15) is 5.58 Å². The first-order chi connectivity index (χ1) is 13.5. The van der Waals surface area contributed by atoms with Crippen molar-refractivity contribution >= 4 is 28.5 Å². The van der Waals surface area contributed by atoms with Crippen LogP contribution in [0.3, 0.4) is 0 Å². The van der Waals surface area contributed by atoms with Crippen LogP contribution >= 0.6 is 0 Å². The lowest BCUT2D eigenvalue weighted by Gasteiger charge is -2.29. The minimum absolute atomic E-state index is 0.0200. The molecule has 0 aliphatic heterocycles. The monoisotopic (exact) mass is 384 g/mol. The van der Waals surface area contributed by atoms with E-state index in [1.165, 1.54) is 6.07 Å². The number of unbranched alkanes of at least 4 members (excludes halogenated alkanes) is 1. The zero-order chi connectivity index (χ0) is 20.1. The van der Waals surface area contributed by atoms with Gasteiger partial charge < -0.3 is 15.1 Å². The molecule has 3 rings (SSSR count). The lowest BCUT2D eigenvalue weighted by molar-refractivity contribution is -0.134. The molecule has 0 bridgehead atoms. The Morgan fingerprint density at radius 1 is 1.11 bits per heavy atom. The van der Waals surface area contributed by atoms with Crippen LogP contribution in [0.4, 0.5) is 5.69 Å². The molecule has 1 aromatic carbocycles. The first-order valence-electron chi connectivity index (χ1n) is 10.1. The summed E-state index contributed by atoms with van der Waals surface area (Å²) in [6, 6.07) is 6.75. The van der Waals surface area contributed by atoms with Crippen molar-refractivity contribution < 1.29 is 14.0 Å². The smallest absolute Gasteiger partial charge is 0.336 e. The number of benzene rings is 1. The number of fused-ring (bicyclic) bond motifs is 1. The van der Waals surface area contributed by atoms with Gasteiger partial charge in [0.25, 0.3) is 0 Å². The Hall–Kier alpha value is -2.63. The Kier molecular flexibility index (Phi) is 6.49. The van der Waals surface area contributed by atoms with Crippen LogP contribution in [0.1, 0.15) is 51.0 Å². The van der Waals surface area contributed by atoms with Crippen molar-refractivity contribution in [1.29, 1.82) is 0 Å². The van der Waals surface area contributed by atoms with Crippen LogP contribution in [0, 0.1) is 18.8 Å². The van der Waals surface area contributed by atoms with E-state index in [1.54, 1.807) is 12.1 Å². The molecule has 1 saturated carbocycles. The molecule has 0 spiro atoms. The van der Waals surface area contributed by atoms with Crippen molar-refractivity contribution in [2.24, 2.45) is 11.8 Å². The number of rotatable bonds is 6. The highest BCUT2D eigenvalue weighted by Gasteiger charge is 2.35. The first-order valence-corrected chi connectivity index (χ1v) is 10.1. The minimum atomic E-state index is -0.412. The van der Waals surface area contributed by atoms with E-state index in [0.717, 1.165) is 43.1 Å². The quantitative estimate of drug-likeness (QED) is 0.586. The fraction of sp³-hybridized carbons (Fsp3) is 0.500. The highest BCUT2D eigenvalue weighted by Crippen LogP contribution is 2.31. The Balaban J connectivity index is 1.74. The molecule has 1 aliphatic carbocycles. The zero-order valence-electron chi connectivity index (χ0n) is 16.5. The summed E-state index contributed by atoms with van der Waals surface area (Å²) in [6.45, 7) is 4.58. The van der Waals surface area contributed by atoms with Crippen molar-refractivity contribution in [2.45, 2.75) is 52.4 Å². The van der Waals surface area contributed by atoms with Crippen molar-refractivity contribution in [3.8, 4) is 0 Å². The van der Waals surface area contributed by atoms with Gasteiger partial charge in [-0.15, -0.1) is 0 Å². The van der Waals surface area contributed by atoms with Crippen molar-refractivity contribution in [2.75, 3.05) is 11.9 Å². The number of carbonyl (C=O) groups excluding carboxylic acids is 2. The largest absolute Gasteiger partial charge is 0.423 e. The van der Waals surface area contributed by atoms with E-state index in [2.05, 4.69) is 17.6 Å². The SMILES string of the molecule is CCCCNC(=O)[C@@H]1CCCC[C@@H]1C(=O)Nc1ccc2c(C)cc(=O)oc2c1. The predicted molar refractivity (Wildman–Crippen MR) is 109 cm³/mol. The van der Waals surface area contributed by atoms with Gasteiger partial charge in [0, 0.05) is 41.6 Å². The fourth-order valence-electron chi connectivity index (χ4n) is 3.92. The molecule has 0 saturated heterocycles. The van der Waals surface area contributed by atoms with E-state index in [0.29, 0.717) is 24.2 Å². The zero-order valence-corrected chi connectivity index (χ0v) is 16.5. The maximum Gasteiger partial charge on any atom is 0.336 e. The maximum absolute atomic E-state index is 12.9. The highest BCUT2D eigenvalue weighted by atomic mass is 16.4. The molecule has 1 fully saturated rings.